The van der Waals surface area contributed by atoms with Gasteiger partial charge in [-0.15, -0.1) is 0 Å². The van der Waals surface area contributed by atoms with Gasteiger partial charge in [-0.25, -0.2) is 0 Å². The van der Waals surface area contributed by atoms with Crippen molar-refractivity contribution in [1.82, 2.24) is 15.6 Å². The molecule has 3 heterocycles. The van der Waals surface area contributed by atoms with Gasteiger partial charge in [-0.1, -0.05) is 18.2 Å². The number of hydrogen-bond acceptors (Lipinski definition) is 4. The summed E-state index contributed by atoms with van der Waals surface area (Å²) in [6, 6.07) is 10.3. The predicted molar refractivity (Wildman–Crippen MR) is 103 cm³/mol. The second kappa shape index (κ2) is 7.57. The quantitative estimate of drug-likeness (QED) is 0.798. The molecule has 1 spiro atoms. The monoisotopic (exact) mass is 409 g/mol. The van der Waals surface area contributed by atoms with Gasteiger partial charge in [0.05, 0.1) is 22.7 Å². The Hall–Kier alpha value is -1.77. The Labute approximate surface area is 164 Å². The number of nitrogens with one attached hydrogen (secondary N) is 2. The third-order valence-corrected chi connectivity index (χ3v) is 7.09. The van der Waals surface area contributed by atoms with Gasteiger partial charge in [0.1, 0.15) is 0 Å². The van der Waals surface area contributed by atoms with Crippen molar-refractivity contribution < 1.29 is 17.4 Å². The van der Waals surface area contributed by atoms with Crippen molar-refractivity contribution in [3.05, 3.63) is 53.7 Å². The average Bonchev–Trinajstić information content (AvgIpc) is 3.05. The molecular formula is C20H22F3N3OS. The van der Waals surface area contributed by atoms with Crippen LogP contribution in [0.2, 0.25) is 0 Å². The second-order valence-corrected chi connectivity index (χ2v) is 9.14. The van der Waals surface area contributed by atoms with E-state index >= 15 is 0 Å². The van der Waals surface area contributed by atoms with Crippen LogP contribution in [0, 0.1) is 11.3 Å². The Balaban J connectivity index is 1.43. The first kappa shape index (κ1) is 19.5. The lowest BCUT2D eigenvalue weighted by Crippen LogP contribution is -2.58. The van der Waals surface area contributed by atoms with Crippen LogP contribution in [-0.2, 0) is 22.7 Å². The Kier molecular flexibility index (Phi) is 5.28. The first-order chi connectivity index (χ1) is 13.4. The highest BCUT2D eigenvalue weighted by Gasteiger charge is 2.47. The summed E-state index contributed by atoms with van der Waals surface area (Å²) in [6.07, 6.45) is -4.35. The minimum Gasteiger partial charge on any atom is -0.316 e. The molecule has 2 fully saturated rings. The molecule has 2 aromatic rings. The number of benzene rings is 1. The van der Waals surface area contributed by atoms with Gasteiger partial charge in [0.2, 0.25) is 0 Å². The molecule has 0 radical (unpaired) electrons. The van der Waals surface area contributed by atoms with Crippen molar-refractivity contribution in [2.45, 2.75) is 11.9 Å². The van der Waals surface area contributed by atoms with E-state index in [4.69, 9.17) is 0 Å². The fraction of sp³-hybridized carbons (Fsp3) is 0.450. The van der Waals surface area contributed by atoms with Crippen LogP contribution in [0.1, 0.15) is 11.3 Å². The van der Waals surface area contributed by atoms with E-state index in [0.29, 0.717) is 34.4 Å². The predicted octanol–water partition coefficient (Wildman–Crippen LogP) is 2.83. The molecule has 0 aliphatic carbocycles. The maximum Gasteiger partial charge on any atom is 0.416 e. The molecule has 2 aliphatic heterocycles. The van der Waals surface area contributed by atoms with E-state index in [9.17, 15) is 17.4 Å². The highest BCUT2D eigenvalue weighted by molar-refractivity contribution is 7.84. The lowest BCUT2D eigenvalue weighted by Gasteiger charge is -2.43. The molecular weight excluding hydrogens is 387 g/mol. The van der Waals surface area contributed by atoms with Crippen molar-refractivity contribution in [3.63, 3.8) is 0 Å². The molecule has 4 nitrogen and oxygen atoms in total. The highest BCUT2D eigenvalue weighted by atomic mass is 32.2. The zero-order valence-corrected chi connectivity index (χ0v) is 16.1. The average molecular weight is 409 g/mol. The molecule has 2 atom stereocenters. The smallest absolute Gasteiger partial charge is 0.316 e. The van der Waals surface area contributed by atoms with Gasteiger partial charge in [0, 0.05) is 47.2 Å². The fourth-order valence-corrected chi connectivity index (χ4v) is 5.48. The van der Waals surface area contributed by atoms with Gasteiger partial charge in [-0.05, 0) is 36.7 Å². The van der Waals surface area contributed by atoms with E-state index in [0.717, 1.165) is 38.3 Å². The van der Waals surface area contributed by atoms with E-state index < -0.39 is 22.5 Å². The number of aromatic nitrogens is 1. The summed E-state index contributed by atoms with van der Waals surface area (Å²) in [6.45, 7) is 3.82. The highest BCUT2D eigenvalue weighted by Crippen LogP contribution is 2.36. The Morgan fingerprint density at radius 2 is 1.79 bits per heavy atom. The minimum absolute atomic E-state index is 0.241. The van der Waals surface area contributed by atoms with Crippen molar-refractivity contribution in [2.75, 3.05) is 31.9 Å². The molecule has 1 aromatic carbocycles. The number of hydrogen-bond donors (Lipinski definition) is 2. The van der Waals surface area contributed by atoms with Gasteiger partial charge >= 0.3 is 6.18 Å². The summed E-state index contributed by atoms with van der Waals surface area (Å²) >= 11 is 0. The van der Waals surface area contributed by atoms with Crippen LogP contribution in [-0.4, -0.2) is 41.1 Å². The van der Waals surface area contributed by atoms with Gasteiger partial charge in [-0.3, -0.25) is 9.19 Å². The van der Waals surface area contributed by atoms with Crippen molar-refractivity contribution in [3.8, 4) is 11.3 Å². The molecule has 0 saturated carbocycles. The van der Waals surface area contributed by atoms with Gasteiger partial charge in [0.25, 0.3) is 0 Å². The lowest BCUT2D eigenvalue weighted by atomic mass is 9.74. The zero-order chi connectivity index (χ0) is 19.8. The molecule has 2 aliphatic rings. The zero-order valence-electron chi connectivity index (χ0n) is 15.3. The maximum absolute atomic E-state index is 12.7. The van der Waals surface area contributed by atoms with E-state index in [2.05, 4.69) is 15.6 Å². The Bertz CT molecular complexity index is 866. The molecule has 2 saturated heterocycles. The summed E-state index contributed by atoms with van der Waals surface area (Å²) in [4.78, 5) is 4.52. The molecule has 0 bridgehead atoms. The summed E-state index contributed by atoms with van der Waals surface area (Å²) in [5, 5.41) is 6.72. The molecule has 0 amide bonds. The molecule has 2 N–H and O–H groups in total. The fourth-order valence-electron chi connectivity index (χ4n) is 3.95. The molecule has 2 unspecified atom stereocenters. The minimum atomic E-state index is -4.35. The van der Waals surface area contributed by atoms with Gasteiger partial charge in [-0.2, -0.15) is 13.2 Å². The largest absolute Gasteiger partial charge is 0.416 e. The van der Waals surface area contributed by atoms with Crippen LogP contribution in [0.4, 0.5) is 13.2 Å². The number of alkyl halides is 3. The normalized spacial score (nSPS) is 22.2. The van der Waals surface area contributed by atoms with Crippen LogP contribution in [0.25, 0.3) is 11.3 Å². The van der Waals surface area contributed by atoms with Gasteiger partial charge in [0.15, 0.2) is 0 Å². The second-order valence-electron chi connectivity index (χ2n) is 7.63. The van der Waals surface area contributed by atoms with Crippen LogP contribution in [0.5, 0.6) is 0 Å². The number of rotatable bonds is 5. The van der Waals surface area contributed by atoms with Crippen LogP contribution >= 0.6 is 0 Å². The first-order valence-corrected chi connectivity index (χ1v) is 10.7. The van der Waals surface area contributed by atoms with Crippen LogP contribution < -0.4 is 10.6 Å². The van der Waals surface area contributed by atoms with Crippen molar-refractivity contribution in [1.29, 1.82) is 0 Å². The van der Waals surface area contributed by atoms with Crippen LogP contribution in [0.3, 0.4) is 0 Å². The topological polar surface area (TPSA) is 54.0 Å². The summed E-state index contributed by atoms with van der Waals surface area (Å²) in [5.74, 6) is 1.39. The molecule has 150 valence electrons. The SMILES string of the molecule is O=S(Cc1cccc(-c2ccc(C(F)(F)F)cc2)n1)CC1CNCC12CNC2. The lowest BCUT2D eigenvalue weighted by molar-refractivity contribution is -0.137. The Morgan fingerprint density at radius 3 is 2.43 bits per heavy atom. The Morgan fingerprint density at radius 1 is 1.07 bits per heavy atom. The molecule has 1 aromatic heterocycles. The summed E-state index contributed by atoms with van der Waals surface area (Å²) in [5.41, 5.74) is 1.46. The molecule has 4 rings (SSSR count). The number of nitrogens with zero attached hydrogens (tertiary/aromatic N) is 1. The van der Waals surface area contributed by atoms with Crippen LogP contribution in [0.15, 0.2) is 42.5 Å². The van der Waals surface area contributed by atoms with E-state index in [-0.39, 0.29) is 5.41 Å². The number of halogens is 3. The van der Waals surface area contributed by atoms with E-state index in [1.165, 1.54) is 12.1 Å². The molecule has 8 heteroatoms. The standard InChI is InChI=1S/C20H22F3N3OS/c21-20(22,23)15-6-4-14(5-7-15)18-3-1-2-17(26-18)10-28(27)9-16-8-24-11-19(16)12-25-13-19/h1-7,16,24-25H,8-13H2. The molecule has 28 heavy (non-hydrogen) atoms. The van der Waals surface area contributed by atoms with Crippen molar-refractivity contribution in [2.24, 2.45) is 11.3 Å². The summed E-state index contributed by atoms with van der Waals surface area (Å²) < 4.78 is 50.9. The first-order valence-electron chi connectivity index (χ1n) is 9.26. The maximum atomic E-state index is 12.7. The number of pyridine rings is 1. The van der Waals surface area contributed by atoms with E-state index in [1.54, 1.807) is 12.1 Å². The van der Waals surface area contributed by atoms with Crippen molar-refractivity contribution >= 4 is 10.8 Å². The third kappa shape index (κ3) is 3.99. The van der Waals surface area contributed by atoms with E-state index in [1.807, 2.05) is 6.07 Å². The third-order valence-electron chi connectivity index (χ3n) is 5.70. The summed E-state index contributed by atoms with van der Waals surface area (Å²) in [7, 11) is -1.03. The van der Waals surface area contributed by atoms with Gasteiger partial charge < -0.3 is 10.6 Å².